The summed E-state index contributed by atoms with van der Waals surface area (Å²) in [5.41, 5.74) is 18.3. The Labute approximate surface area is 572 Å². The molecule has 6 aromatic carbocycles. The third kappa shape index (κ3) is 21.4. The fraction of sp³-hybridized carbons (Fsp3) is 0.430. The van der Waals surface area contributed by atoms with E-state index in [0.717, 1.165) is 111 Å². The summed E-state index contributed by atoms with van der Waals surface area (Å²) in [6.45, 7) is 21.0. The highest BCUT2D eigenvalue weighted by Crippen LogP contribution is 2.49. The minimum atomic E-state index is -0.142. The topological polar surface area (TPSA) is 259 Å². The molecule has 0 fully saturated rings. The molecule has 2 unspecified atom stereocenters. The van der Waals surface area contributed by atoms with Gasteiger partial charge in [-0.15, -0.1) is 0 Å². The highest BCUT2D eigenvalue weighted by Gasteiger charge is 2.31. The third-order valence-electron chi connectivity index (χ3n) is 17.5. The van der Waals surface area contributed by atoms with Crippen molar-refractivity contribution in [3.05, 3.63) is 148 Å². The van der Waals surface area contributed by atoms with Gasteiger partial charge in [-0.1, -0.05) is 117 Å². The summed E-state index contributed by atoms with van der Waals surface area (Å²) in [7, 11) is 0. The van der Waals surface area contributed by atoms with Gasteiger partial charge in [-0.3, -0.25) is 43.2 Å². The van der Waals surface area contributed by atoms with Crippen molar-refractivity contribution in [1.29, 1.82) is 0 Å². The van der Waals surface area contributed by atoms with Gasteiger partial charge in [-0.25, -0.2) is 0 Å². The number of unbranched alkanes of at least 4 members (excludes halogenated alkanes) is 1. The molecule has 0 saturated heterocycles. The number of ether oxygens (including phenoxy) is 1. The van der Waals surface area contributed by atoms with Crippen molar-refractivity contribution < 1.29 is 47.9 Å². The number of amides is 8. The zero-order valence-corrected chi connectivity index (χ0v) is 58.3. The fourth-order valence-corrected chi connectivity index (χ4v) is 12.4. The van der Waals surface area contributed by atoms with Crippen LogP contribution in [0.15, 0.2) is 109 Å². The van der Waals surface area contributed by atoms with Gasteiger partial charge in [0.15, 0.2) is 5.78 Å². The number of nitrogens with one attached hydrogen (secondary N) is 8. The highest BCUT2D eigenvalue weighted by atomic mass is 16.5. The molecule has 0 aliphatic heterocycles. The van der Waals surface area contributed by atoms with Crippen molar-refractivity contribution in [2.45, 2.75) is 189 Å². The maximum atomic E-state index is 12.8. The van der Waals surface area contributed by atoms with E-state index >= 15 is 0 Å². The van der Waals surface area contributed by atoms with Gasteiger partial charge >= 0.3 is 0 Å². The zero-order chi connectivity index (χ0) is 70.0. The Morgan fingerprint density at radius 1 is 0.340 bits per heavy atom. The van der Waals surface area contributed by atoms with E-state index in [-0.39, 0.29) is 77.4 Å². The average Bonchev–Trinajstić information content (AvgIpc) is 1.72. The van der Waals surface area contributed by atoms with Gasteiger partial charge in [-0.2, -0.15) is 0 Å². The van der Waals surface area contributed by atoms with Crippen LogP contribution in [-0.4, -0.2) is 85.9 Å². The van der Waals surface area contributed by atoms with Crippen molar-refractivity contribution in [2.24, 2.45) is 0 Å². The van der Waals surface area contributed by atoms with Crippen LogP contribution in [-0.2, 0) is 43.1 Å². The van der Waals surface area contributed by atoms with E-state index in [4.69, 9.17) is 4.74 Å². The molecule has 8 amide bonds. The van der Waals surface area contributed by atoms with Crippen molar-refractivity contribution >= 4 is 81.5 Å². The summed E-state index contributed by atoms with van der Waals surface area (Å²) in [5.74, 6) is 0.184. The van der Waals surface area contributed by atoms with Crippen molar-refractivity contribution in [2.75, 3.05) is 59.4 Å². The first-order valence-electron chi connectivity index (χ1n) is 35.0. The number of ketones is 1. The minimum Gasteiger partial charge on any atom is -0.372 e. The molecular weight excluding hydrogens is 1220 g/mol. The first-order valence-corrected chi connectivity index (χ1v) is 35.0. The Hall–Kier alpha value is -9.29. The minimum absolute atomic E-state index is 0.00643. The summed E-state index contributed by atoms with van der Waals surface area (Å²) < 4.78 is 5.29. The quantitative estimate of drug-likeness (QED) is 0.0146. The molecule has 0 saturated carbocycles. The van der Waals surface area contributed by atoms with Gasteiger partial charge in [0.25, 0.3) is 0 Å². The van der Waals surface area contributed by atoms with Gasteiger partial charge in [0.2, 0.25) is 47.3 Å². The van der Waals surface area contributed by atoms with Gasteiger partial charge in [0.1, 0.15) is 6.61 Å². The fourth-order valence-electron chi connectivity index (χ4n) is 12.4. The Kier molecular flexibility index (Phi) is 29.3. The van der Waals surface area contributed by atoms with E-state index in [1.165, 1.54) is 27.8 Å². The van der Waals surface area contributed by atoms with Crippen LogP contribution in [0.1, 0.15) is 233 Å². The lowest BCUT2D eigenvalue weighted by atomic mass is 9.94. The molecule has 0 spiro atoms. The molecule has 0 heterocycles. The van der Waals surface area contributed by atoms with E-state index in [0.29, 0.717) is 96.9 Å². The van der Waals surface area contributed by atoms with E-state index < -0.39 is 0 Å². The average molecular weight is 1320 g/mol. The number of carbonyl (C=O) groups is 9. The van der Waals surface area contributed by atoms with Crippen LogP contribution < -0.4 is 42.5 Å². The molecule has 0 bridgehead atoms. The Morgan fingerprint density at radius 2 is 0.680 bits per heavy atom. The Morgan fingerprint density at radius 3 is 1.04 bits per heavy atom. The summed E-state index contributed by atoms with van der Waals surface area (Å²) in [4.78, 5) is 109. The highest BCUT2D eigenvalue weighted by molar-refractivity contribution is 6.05. The summed E-state index contributed by atoms with van der Waals surface area (Å²) in [5, 5.41) is 23.2. The normalized spacial score (nSPS) is 13.2. The summed E-state index contributed by atoms with van der Waals surface area (Å²) in [6, 6.07) is 35.8. The van der Waals surface area contributed by atoms with Crippen LogP contribution in [0.5, 0.6) is 0 Å². The maximum Gasteiger partial charge on any atom is 0.250 e. The van der Waals surface area contributed by atoms with Crippen LogP contribution in [0, 0.1) is 0 Å². The molecule has 9 rings (SSSR count). The molecule has 6 aromatic rings. The van der Waals surface area contributed by atoms with Gasteiger partial charge in [0.05, 0.1) is 0 Å². The maximum absolute atomic E-state index is 12.8. The Bertz CT molecular complexity index is 3690. The molecule has 3 aliphatic rings. The number of rotatable bonds is 32. The predicted molar refractivity (Wildman–Crippen MR) is 388 cm³/mol. The van der Waals surface area contributed by atoms with Crippen LogP contribution >= 0.6 is 0 Å². The van der Waals surface area contributed by atoms with E-state index in [9.17, 15) is 43.2 Å². The van der Waals surface area contributed by atoms with E-state index in [1.807, 2.05) is 132 Å². The number of anilines is 5. The summed E-state index contributed by atoms with van der Waals surface area (Å²) in [6.07, 6.45) is 9.99. The van der Waals surface area contributed by atoms with Crippen molar-refractivity contribution in [3.8, 4) is 33.4 Å². The first kappa shape index (κ1) is 75.1. The molecule has 0 radical (unpaired) electrons. The SMILES string of the molecule is CCCCC(=O)c1cccc2c1-c1ccc(NC(=O)CCCC(=O)NCCC)cc1C2C.CCCNC(=O)CCCC(=O)Nc1ccc2c(c1)C(C)c1cc(NC(=O)CCCC(=O)NCCC)ccc1-2.CCCOCC(=O)Nc1ccc2c(c1)C(C)c1cc(NC(=O)CC)ccc1-2. The molecule has 97 heavy (non-hydrogen) atoms. The second-order valence-corrected chi connectivity index (χ2v) is 25.2. The van der Waals surface area contributed by atoms with Crippen LogP contribution in [0.4, 0.5) is 28.4 Å². The molecule has 2 atom stereocenters. The van der Waals surface area contributed by atoms with Gasteiger partial charge < -0.3 is 47.3 Å². The van der Waals surface area contributed by atoms with Crippen LogP contribution in [0.2, 0.25) is 0 Å². The number of hydrogen-bond acceptors (Lipinski definition) is 10. The first-order chi connectivity index (χ1) is 46.8. The number of carbonyl (C=O) groups excluding carboxylic acids is 9. The second-order valence-electron chi connectivity index (χ2n) is 25.2. The number of fused-ring (bicyclic) bond motifs is 9. The molecule has 18 nitrogen and oxygen atoms in total. The second kappa shape index (κ2) is 37.9. The van der Waals surface area contributed by atoms with Crippen molar-refractivity contribution in [3.63, 3.8) is 0 Å². The molecule has 18 heteroatoms. The lowest BCUT2D eigenvalue weighted by molar-refractivity contribution is -0.122. The monoisotopic (exact) mass is 1320 g/mol. The van der Waals surface area contributed by atoms with Crippen LogP contribution in [0.25, 0.3) is 33.4 Å². The molecule has 8 N–H and O–H groups in total. The van der Waals surface area contributed by atoms with Gasteiger partial charge in [0, 0.05) is 129 Å². The molecule has 516 valence electrons. The van der Waals surface area contributed by atoms with E-state index in [1.54, 1.807) is 0 Å². The molecular formula is C79H100N8O10. The zero-order valence-electron chi connectivity index (χ0n) is 58.3. The van der Waals surface area contributed by atoms with Crippen molar-refractivity contribution in [1.82, 2.24) is 16.0 Å². The van der Waals surface area contributed by atoms with E-state index in [2.05, 4.69) is 82.4 Å². The lowest BCUT2D eigenvalue weighted by Gasteiger charge is -2.11. The smallest absolute Gasteiger partial charge is 0.250 e. The van der Waals surface area contributed by atoms with Crippen LogP contribution in [0.3, 0.4) is 0 Å². The number of Topliss-reactive ketones (excluding diaryl/α,β-unsaturated/α-hetero) is 1. The van der Waals surface area contributed by atoms with Gasteiger partial charge in [-0.05, 0) is 179 Å². The number of hydrogen-bond donors (Lipinski definition) is 8. The molecule has 0 aromatic heterocycles. The lowest BCUT2D eigenvalue weighted by Crippen LogP contribution is -2.24. The summed E-state index contributed by atoms with van der Waals surface area (Å²) >= 11 is 0. The Balaban J connectivity index is 0.000000208. The third-order valence-corrected chi connectivity index (χ3v) is 17.5. The largest absolute Gasteiger partial charge is 0.372 e. The standard InChI is InChI=1S/C30H40N4O4.C27H34N2O3.C22H26N2O3/c1-4-16-31-27(35)8-6-10-29(37)33-21-12-14-23-24-15-13-22(19-26(24)20(3)25(23)18-21)34-30(38)11-7-9-28(36)32-17-5-2;1-4-6-11-24(30)22-10-7-9-20-18(3)23-17-19(14-15-21(23)27(20)22)29-26(32)13-8-12-25(31)28-16-5-2;1-4-10-27-13-22(26)24-16-7-9-18-17-8-6-15(23-21(25)5-2)11-19(17)14(3)20(18)12-16/h12-15,18-20H,4-11,16-17H2,1-3H3,(H,31,35)(H,32,36)(H,33,37)(H,34,38);7,9-10,14-15,17-18H,4-6,8,11-13,16H2,1-3H3,(H,28,31)(H,29,32);6-9,11-12,14H,4-5,10,13H2,1-3H3,(H,23,25)(H,24,26). The molecule has 3 aliphatic carbocycles. The predicted octanol–water partition coefficient (Wildman–Crippen LogP) is 15.4. The number of benzene rings is 6.